The Labute approximate surface area is 149 Å². The Morgan fingerprint density at radius 2 is 2.00 bits per heavy atom. The van der Waals surface area contributed by atoms with Crippen LogP contribution in [0.2, 0.25) is 0 Å². The minimum Gasteiger partial charge on any atom is -0.351 e. The minimum absolute atomic E-state index is 0.145. The highest BCUT2D eigenvalue weighted by Gasteiger charge is 2.30. The number of fused-ring (bicyclic) bond motifs is 1. The molecule has 0 saturated carbocycles. The van der Waals surface area contributed by atoms with Gasteiger partial charge in [0.15, 0.2) is 0 Å². The van der Waals surface area contributed by atoms with E-state index in [4.69, 9.17) is 4.52 Å². The average molecular weight is 348 g/mol. The molecule has 1 aliphatic heterocycles. The highest BCUT2D eigenvalue weighted by atomic mass is 16.5. The molecule has 0 radical (unpaired) electrons. The Morgan fingerprint density at radius 3 is 2.77 bits per heavy atom. The minimum atomic E-state index is -0.474. The highest BCUT2D eigenvalue weighted by Crippen LogP contribution is 2.32. The SMILES string of the molecule is O=C1CC(C(=O)NCc2ccc(-c3ncon3)cc2)c2ccccc2N1. The Morgan fingerprint density at radius 1 is 1.19 bits per heavy atom. The first kappa shape index (κ1) is 16.0. The van der Waals surface area contributed by atoms with Gasteiger partial charge in [-0.1, -0.05) is 47.6 Å². The maximum atomic E-state index is 12.6. The molecule has 7 heteroatoms. The second-order valence-corrected chi connectivity index (χ2v) is 6.06. The van der Waals surface area contributed by atoms with Crippen LogP contribution in [0, 0.1) is 0 Å². The fraction of sp³-hybridized carbons (Fsp3) is 0.158. The molecule has 1 aliphatic rings. The number of anilines is 1. The van der Waals surface area contributed by atoms with Crippen LogP contribution in [0.3, 0.4) is 0 Å². The molecule has 1 aromatic heterocycles. The van der Waals surface area contributed by atoms with E-state index in [1.165, 1.54) is 6.39 Å². The van der Waals surface area contributed by atoms with E-state index < -0.39 is 5.92 Å². The van der Waals surface area contributed by atoms with Gasteiger partial charge in [-0.15, -0.1) is 0 Å². The first-order valence-electron chi connectivity index (χ1n) is 8.23. The number of carbonyl (C=O) groups is 2. The molecular formula is C19H16N4O3. The van der Waals surface area contributed by atoms with E-state index in [-0.39, 0.29) is 18.2 Å². The van der Waals surface area contributed by atoms with Crippen LogP contribution >= 0.6 is 0 Å². The summed E-state index contributed by atoms with van der Waals surface area (Å²) in [4.78, 5) is 28.5. The van der Waals surface area contributed by atoms with Crippen molar-refractivity contribution >= 4 is 17.5 Å². The summed E-state index contributed by atoms with van der Waals surface area (Å²) in [5, 5.41) is 9.50. The molecule has 0 aliphatic carbocycles. The predicted octanol–water partition coefficient (Wildman–Crippen LogP) is 2.48. The number of para-hydroxylation sites is 1. The Hall–Kier alpha value is -3.48. The smallest absolute Gasteiger partial charge is 0.228 e. The number of rotatable bonds is 4. The van der Waals surface area contributed by atoms with Gasteiger partial charge >= 0.3 is 0 Å². The number of amides is 2. The number of hydrogen-bond donors (Lipinski definition) is 2. The summed E-state index contributed by atoms with van der Waals surface area (Å²) < 4.78 is 4.73. The van der Waals surface area contributed by atoms with Crippen LogP contribution in [-0.2, 0) is 16.1 Å². The van der Waals surface area contributed by atoms with Crippen LogP contribution in [0.1, 0.15) is 23.5 Å². The van der Waals surface area contributed by atoms with E-state index in [0.29, 0.717) is 18.1 Å². The molecule has 2 N–H and O–H groups in total. The lowest BCUT2D eigenvalue weighted by Crippen LogP contribution is -2.34. The van der Waals surface area contributed by atoms with Crippen molar-refractivity contribution in [2.24, 2.45) is 0 Å². The van der Waals surface area contributed by atoms with Gasteiger partial charge in [-0.3, -0.25) is 9.59 Å². The summed E-state index contributed by atoms with van der Waals surface area (Å²) in [5.41, 5.74) is 3.33. The third-order valence-electron chi connectivity index (χ3n) is 4.36. The van der Waals surface area contributed by atoms with Gasteiger partial charge in [-0.25, -0.2) is 0 Å². The lowest BCUT2D eigenvalue weighted by atomic mass is 9.90. The normalized spacial score (nSPS) is 15.8. The molecule has 0 spiro atoms. The summed E-state index contributed by atoms with van der Waals surface area (Å²) in [7, 11) is 0. The van der Waals surface area contributed by atoms with Crippen LogP contribution in [0.15, 0.2) is 59.4 Å². The third kappa shape index (κ3) is 3.19. The van der Waals surface area contributed by atoms with E-state index in [0.717, 1.165) is 16.7 Å². The molecule has 26 heavy (non-hydrogen) atoms. The molecule has 0 saturated heterocycles. The molecule has 2 amide bonds. The van der Waals surface area contributed by atoms with E-state index in [1.54, 1.807) is 0 Å². The van der Waals surface area contributed by atoms with Crippen molar-refractivity contribution in [1.82, 2.24) is 15.5 Å². The zero-order chi connectivity index (χ0) is 17.9. The summed E-state index contributed by atoms with van der Waals surface area (Å²) in [6, 6.07) is 14.9. The fourth-order valence-electron chi connectivity index (χ4n) is 3.03. The summed E-state index contributed by atoms with van der Waals surface area (Å²) in [5.74, 6) is -0.258. The maximum absolute atomic E-state index is 12.6. The third-order valence-corrected chi connectivity index (χ3v) is 4.36. The van der Waals surface area contributed by atoms with Gasteiger partial charge in [-0.2, -0.15) is 4.98 Å². The number of nitrogens with one attached hydrogen (secondary N) is 2. The number of benzene rings is 2. The zero-order valence-electron chi connectivity index (χ0n) is 13.8. The van der Waals surface area contributed by atoms with Crippen molar-refractivity contribution in [2.75, 3.05) is 5.32 Å². The molecule has 1 atom stereocenters. The van der Waals surface area contributed by atoms with Crippen LogP contribution in [-0.4, -0.2) is 22.0 Å². The number of aromatic nitrogens is 2. The molecule has 2 heterocycles. The van der Waals surface area contributed by atoms with Crippen LogP contribution in [0.25, 0.3) is 11.4 Å². The van der Waals surface area contributed by atoms with E-state index in [1.807, 2.05) is 48.5 Å². The molecule has 0 fully saturated rings. The molecule has 1 unspecified atom stereocenters. The first-order valence-corrected chi connectivity index (χ1v) is 8.23. The second kappa shape index (κ2) is 6.79. The maximum Gasteiger partial charge on any atom is 0.228 e. The largest absolute Gasteiger partial charge is 0.351 e. The second-order valence-electron chi connectivity index (χ2n) is 6.06. The monoisotopic (exact) mass is 348 g/mol. The average Bonchev–Trinajstić information content (AvgIpc) is 3.20. The lowest BCUT2D eigenvalue weighted by Gasteiger charge is -2.24. The van der Waals surface area contributed by atoms with Crippen molar-refractivity contribution in [1.29, 1.82) is 0 Å². The molecule has 2 aromatic carbocycles. The van der Waals surface area contributed by atoms with Crippen LogP contribution in [0.4, 0.5) is 5.69 Å². The topological polar surface area (TPSA) is 97.1 Å². The van der Waals surface area contributed by atoms with E-state index in [2.05, 4.69) is 20.8 Å². The molecule has 130 valence electrons. The van der Waals surface area contributed by atoms with Crippen molar-refractivity contribution in [2.45, 2.75) is 18.9 Å². The highest BCUT2D eigenvalue weighted by molar-refractivity contribution is 6.01. The number of carbonyl (C=O) groups excluding carboxylic acids is 2. The van der Waals surface area contributed by atoms with Gasteiger partial charge in [0, 0.05) is 24.2 Å². The Kier molecular flexibility index (Phi) is 4.18. The Bertz CT molecular complexity index is 936. The van der Waals surface area contributed by atoms with Crippen molar-refractivity contribution in [3.05, 3.63) is 66.1 Å². The van der Waals surface area contributed by atoms with Crippen molar-refractivity contribution in [3.63, 3.8) is 0 Å². The molecule has 4 rings (SSSR count). The summed E-state index contributed by atoms with van der Waals surface area (Å²) in [6.45, 7) is 0.381. The standard InChI is InChI=1S/C19H16N4O3/c24-17-9-15(14-3-1-2-4-16(14)22-17)19(25)20-10-12-5-7-13(8-6-12)18-21-11-26-23-18/h1-8,11,15H,9-10H2,(H,20,25)(H,22,24). The molecule has 0 bridgehead atoms. The van der Waals surface area contributed by atoms with Gasteiger partial charge < -0.3 is 15.2 Å². The number of hydrogen-bond acceptors (Lipinski definition) is 5. The van der Waals surface area contributed by atoms with Gasteiger partial charge in [0.2, 0.25) is 24.0 Å². The molecular weight excluding hydrogens is 332 g/mol. The van der Waals surface area contributed by atoms with Crippen molar-refractivity contribution < 1.29 is 14.1 Å². The van der Waals surface area contributed by atoms with Crippen molar-refractivity contribution in [3.8, 4) is 11.4 Å². The van der Waals surface area contributed by atoms with Gasteiger partial charge in [-0.05, 0) is 17.2 Å². The predicted molar refractivity (Wildman–Crippen MR) is 94.0 cm³/mol. The fourth-order valence-corrected chi connectivity index (χ4v) is 3.03. The van der Waals surface area contributed by atoms with Gasteiger partial charge in [0.25, 0.3) is 0 Å². The van der Waals surface area contributed by atoms with E-state index >= 15 is 0 Å². The molecule has 7 nitrogen and oxygen atoms in total. The summed E-state index contributed by atoms with van der Waals surface area (Å²) >= 11 is 0. The van der Waals surface area contributed by atoms with Crippen LogP contribution < -0.4 is 10.6 Å². The van der Waals surface area contributed by atoms with Gasteiger partial charge in [0.05, 0.1) is 5.92 Å². The Balaban J connectivity index is 1.43. The lowest BCUT2D eigenvalue weighted by molar-refractivity contribution is -0.126. The zero-order valence-corrected chi connectivity index (χ0v) is 13.8. The molecule has 3 aromatic rings. The number of nitrogens with zero attached hydrogens (tertiary/aromatic N) is 2. The first-order chi connectivity index (χ1) is 12.7. The summed E-state index contributed by atoms with van der Waals surface area (Å²) in [6.07, 6.45) is 1.43. The van der Waals surface area contributed by atoms with Crippen LogP contribution in [0.5, 0.6) is 0 Å². The quantitative estimate of drug-likeness (QED) is 0.755. The van der Waals surface area contributed by atoms with Gasteiger partial charge in [0.1, 0.15) is 0 Å². The van der Waals surface area contributed by atoms with E-state index in [9.17, 15) is 9.59 Å².